The van der Waals surface area contributed by atoms with Crippen molar-refractivity contribution in [3.63, 3.8) is 0 Å². The molecular weight excluding hydrogens is 328 g/mol. The van der Waals surface area contributed by atoms with Gasteiger partial charge in [0.2, 0.25) is 5.95 Å². The van der Waals surface area contributed by atoms with Crippen LogP contribution in [-0.4, -0.2) is 52.9 Å². The van der Waals surface area contributed by atoms with Crippen LogP contribution < -0.4 is 10.6 Å². The molecule has 0 aliphatic carbocycles. The molecule has 0 atom stereocenters. The number of nitrogens with zero attached hydrogens (tertiary/aromatic N) is 4. The van der Waals surface area contributed by atoms with Crippen LogP contribution >= 0.6 is 0 Å². The number of pyridine rings is 1. The molecule has 0 bridgehead atoms. The number of anilines is 2. The molecule has 0 radical (unpaired) electrons. The first kappa shape index (κ1) is 17.8. The van der Waals surface area contributed by atoms with E-state index < -0.39 is 0 Å². The molecular formula is C19H22N6O. The number of carbonyl (C=O) groups is 1. The number of nitrogens with one attached hydrogen (secondary N) is 2. The lowest BCUT2D eigenvalue weighted by molar-refractivity contribution is 0.102. The van der Waals surface area contributed by atoms with Gasteiger partial charge in [0.05, 0.1) is 16.8 Å². The Kier molecular flexibility index (Phi) is 5.70. The van der Waals surface area contributed by atoms with Crippen LogP contribution in [0.15, 0.2) is 48.9 Å². The van der Waals surface area contributed by atoms with Gasteiger partial charge >= 0.3 is 0 Å². The first-order valence-corrected chi connectivity index (χ1v) is 8.49. The summed E-state index contributed by atoms with van der Waals surface area (Å²) in [6.45, 7) is 1.78. The fourth-order valence-electron chi connectivity index (χ4n) is 2.53. The largest absolute Gasteiger partial charge is 0.354 e. The van der Waals surface area contributed by atoms with Gasteiger partial charge in [-0.3, -0.25) is 9.78 Å². The van der Waals surface area contributed by atoms with Crippen LogP contribution in [0.5, 0.6) is 0 Å². The fraction of sp³-hybridized carbons (Fsp3) is 0.263. The Labute approximate surface area is 152 Å². The normalized spacial score (nSPS) is 10.9. The van der Waals surface area contributed by atoms with Gasteiger partial charge in [0, 0.05) is 30.5 Å². The Morgan fingerprint density at radius 3 is 2.62 bits per heavy atom. The summed E-state index contributed by atoms with van der Waals surface area (Å²) in [6, 6.07) is 9.49. The number of hydrogen-bond donors (Lipinski definition) is 2. The first-order valence-electron chi connectivity index (χ1n) is 8.49. The number of aromatic nitrogens is 3. The molecule has 134 valence electrons. The Morgan fingerprint density at radius 1 is 1.08 bits per heavy atom. The SMILES string of the molecule is CN(C)CCCNc1ncc(C(=O)Nc2cccc3cccnc23)cn1. The van der Waals surface area contributed by atoms with E-state index in [9.17, 15) is 4.79 Å². The third-order valence-corrected chi connectivity index (χ3v) is 3.86. The van der Waals surface area contributed by atoms with Crippen molar-refractivity contribution in [2.45, 2.75) is 6.42 Å². The van der Waals surface area contributed by atoms with E-state index in [1.54, 1.807) is 6.20 Å². The predicted molar refractivity (Wildman–Crippen MR) is 103 cm³/mol. The predicted octanol–water partition coefficient (Wildman–Crippen LogP) is 2.64. The standard InChI is InChI=1S/C19H22N6O/c1-25(2)11-5-10-21-19-22-12-15(13-23-19)18(26)24-16-8-3-6-14-7-4-9-20-17(14)16/h3-4,6-9,12-13H,5,10-11H2,1-2H3,(H,24,26)(H,21,22,23). The summed E-state index contributed by atoms with van der Waals surface area (Å²) in [6.07, 6.45) is 5.74. The van der Waals surface area contributed by atoms with E-state index in [4.69, 9.17) is 0 Å². The van der Waals surface area contributed by atoms with Crippen LogP contribution in [0, 0.1) is 0 Å². The van der Waals surface area contributed by atoms with E-state index in [-0.39, 0.29) is 5.91 Å². The Bertz CT molecular complexity index is 873. The Hall–Kier alpha value is -3.06. The van der Waals surface area contributed by atoms with Gasteiger partial charge in [0.25, 0.3) is 5.91 Å². The van der Waals surface area contributed by atoms with Crippen LogP contribution in [0.4, 0.5) is 11.6 Å². The molecule has 26 heavy (non-hydrogen) atoms. The third-order valence-electron chi connectivity index (χ3n) is 3.86. The highest BCUT2D eigenvalue weighted by Gasteiger charge is 2.10. The highest BCUT2D eigenvalue weighted by Crippen LogP contribution is 2.21. The van der Waals surface area contributed by atoms with Gasteiger partial charge in [0.15, 0.2) is 0 Å². The van der Waals surface area contributed by atoms with Crippen molar-refractivity contribution in [1.29, 1.82) is 0 Å². The average molecular weight is 350 g/mol. The number of benzene rings is 1. The van der Waals surface area contributed by atoms with Gasteiger partial charge in [0.1, 0.15) is 0 Å². The smallest absolute Gasteiger partial charge is 0.258 e. The van der Waals surface area contributed by atoms with Gasteiger partial charge < -0.3 is 15.5 Å². The monoisotopic (exact) mass is 350 g/mol. The number of rotatable bonds is 7. The minimum atomic E-state index is -0.262. The fourth-order valence-corrected chi connectivity index (χ4v) is 2.53. The minimum Gasteiger partial charge on any atom is -0.354 e. The molecule has 2 heterocycles. The zero-order chi connectivity index (χ0) is 18.4. The van der Waals surface area contributed by atoms with Crippen molar-refractivity contribution in [3.8, 4) is 0 Å². The molecule has 0 saturated heterocycles. The molecule has 3 rings (SSSR count). The Morgan fingerprint density at radius 2 is 1.85 bits per heavy atom. The van der Waals surface area contributed by atoms with E-state index in [0.29, 0.717) is 17.2 Å². The maximum absolute atomic E-state index is 12.5. The maximum Gasteiger partial charge on any atom is 0.258 e. The summed E-state index contributed by atoms with van der Waals surface area (Å²) >= 11 is 0. The third kappa shape index (κ3) is 4.52. The molecule has 3 aromatic rings. The number of fused-ring (bicyclic) bond motifs is 1. The van der Waals surface area contributed by atoms with E-state index in [0.717, 1.165) is 30.4 Å². The van der Waals surface area contributed by atoms with Crippen LogP contribution in [-0.2, 0) is 0 Å². The van der Waals surface area contributed by atoms with Gasteiger partial charge in [-0.1, -0.05) is 18.2 Å². The zero-order valence-electron chi connectivity index (χ0n) is 14.9. The lowest BCUT2D eigenvalue weighted by atomic mass is 10.2. The van der Waals surface area contributed by atoms with Crippen molar-refractivity contribution >= 4 is 28.4 Å². The summed E-state index contributed by atoms with van der Waals surface area (Å²) in [5, 5.41) is 7.00. The lowest BCUT2D eigenvalue weighted by Gasteiger charge is -2.10. The minimum absolute atomic E-state index is 0.262. The second-order valence-electron chi connectivity index (χ2n) is 6.21. The first-order chi connectivity index (χ1) is 12.6. The molecule has 0 spiro atoms. The van der Waals surface area contributed by atoms with Gasteiger partial charge in [-0.05, 0) is 39.2 Å². The molecule has 2 aromatic heterocycles. The van der Waals surface area contributed by atoms with Crippen LogP contribution in [0.2, 0.25) is 0 Å². The molecule has 7 heteroatoms. The molecule has 0 unspecified atom stereocenters. The second kappa shape index (κ2) is 8.35. The van der Waals surface area contributed by atoms with Gasteiger partial charge in [-0.25, -0.2) is 9.97 Å². The number of amides is 1. The summed E-state index contributed by atoms with van der Waals surface area (Å²) in [7, 11) is 4.07. The van der Waals surface area contributed by atoms with E-state index >= 15 is 0 Å². The highest BCUT2D eigenvalue weighted by atomic mass is 16.1. The lowest BCUT2D eigenvalue weighted by Crippen LogP contribution is -2.17. The zero-order valence-corrected chi connectivity index (χ0v) is 14.9. The highest BCUT2D eigenvalue weighted by molar-refractivity contribution is 6.08. The molecule has 2 N–H and O–H groups in total. The van der Waals surface area contributed by atoms with Gasteiger partial charge in [-0.15, -0.1) is 0 Å². The summed E-state index contributed by atoms with van der Waals surface area (Å²) < 4.78 is 0. The van der Waals surface area contributed by atoms with Crippen molar-refractivity contribution in [2.75, 3.05) is 37.8 Å². The molecule has 1 amide bonds. The molecule has 0 saturated carbocycles. The van der Waals surface area contributed by atoms with Crippen molar-refractivity contribution in [3.05, 3.63) is 54.5 Å². The van der Waals surface area contributed by atoms with Crippen LogP contribution in [0.1, 0.15) is 16.8 Å². The van der Waals surface area contributed by atoms with E-state index in [1.807, 2.05) is 44.4 Å². The topological polar surface area (TPSA) is 83.0 Å². The van der Waals surface area contributed by atoms with Crippen molar-refractivity contribution in [2.24, 2.45) is 0 Å². The molecule has 7 nitrogen and oxygen atoms in total. The number of para-hydroxylation sites is 1. The van der Waals surface area contributed by atoms with Crippen LogP contribution in [0.25, 0.3) is 10.9 Å². The molecule has 0 aliphatic heterocycles. The van der Waals surface area contributed by atoms with E-state index in [2.05, 4.69) is 30.5 Å². The second-order valence-corrected chi connectivity index (χ2v) is 6.21. The maximum atomic E-state index is 12.5. The molecule has 1 aromatic carbocycles. The quantitative estimate of drug-likeness (QED) is 0.638. The number of carbonyl (C=O) groups excluding carboxylic acids is 1. The van der Waals surface area contributed by atoms with Gasteiger partial charge in [-0.2, -0.15) is 0 Å². The molecule has 0 aliphatic rings. The Balaban J connectivity index is 1.63. The van der Waals surface area contributed by atoms with Crippen molar-refractivity contribution in [1.82, 2.24) is 19.9 Å². The summed E-state index contributed by atoms with van der Waals surface area (Å²) in [4.78, 5) is 27.3. The summed E-state index contributed by atoms with van der Waals surface area (Å²) in [5.74, 6) is 0.259. The number of hydrogen-bond acceptors (Lipinski definition) is 6. The van der Waals surface area contributed by atoms with Crippen LogP contribution in [0.3, 0.4) is 0 Å². The van der Waals surface area contributed by atoms with E-state index in [1.165, 1.54) is 12.4 Å². The summed E-state index contributed by atoms with van der Waals surface area (Å²) in [5.41, 5.74) is 1.82. The molecule has 0 fully saturated rings. The van der Waals surface area contributed by atoms with Crippen molar-refractivity contribution < 1.29 is 4.79 Å². The average Bonchev–Trinajstić information content (AvgIpc) is 2.66.